The average Bonchev–Trinajstić information content (AvgIpc) is 2.14. The summed E-state index contributed by atoms with van der Waals surface area (Å²) in [5, 5.41) is 0. The Morgan fingerprint density at radius 2 is 1.72 bits per heavy atom. The maximum Gasteiger partial charge on any atom is 0.521 e. The van der Waals surface area contributed by atoms with Gasteiger partial charge in [0.05, 0.1) is 0 Å². The van der Waals surface area contributed by atoms with Crippen molar-refractivity contribution in [2.75, 3.05) is 0 Å². The summed E-state index contributed by atoms with van der Waals surface area (Å²) in [5.74, 6) is 1.24. The predicted molar refractivity (Wildman–Crippen MR) is 61.7 cm³/mol. The molecule has 9 heteroatoms. The minimum Gasteiger partial charge on any atom is -0.387 e. The number of alkyl halides is 3. The lowest BCUT2D eigenvalue weighted by atomic mass is 9.75. The molecule has 0 amide bonds. The molecule has 1 heterocycles. The average molecular weight is 283 g/mol. The molecule has 102 valence electrons. The fourth-order valence-corrected chi connectivity index (χ4v) is 1.87. The number of rotatable bonds is 2. The number of hydrogen-bond acceptors (Lipinski definition) is 4. The quantitative estimate of drug-likeness (QED) is 0.575. The van der Waals surface area contributed by atoms with Crippen molar-refractivity contribution in [3.8, 4) is 0 Å². The SMILES string of the molecule is CC(C)(C)N1C=CC=CB1OS(=O)(=O)C(F)(F)F. The number of halogens is 3. The smallest absolute Gasteiger partial charge is 0.387 e. The zero-order chi connectivity index (χ0) is 14.2. The van der Waals surface area contributed by atoms with Crippen molar-refractivity contribution in [2.24, 2.45) is 0 Å². The van der Waals surface area contributed by atoms with Gasteiger partial charge >= 0.3 is 22.7 Å². The summed E-state index contributed by atoms with van der Waals surface area (Å²) in [6.07, 6.45) is 4.50. The van der Waals surface area contributed by atoms with Crippen LogP contribution in [0.5, 0.6) is 0 Å². The molecule has 0 aromatic rings. The van der Waals surface area contributed by atoms with Gasteiger partial charge in [0.1, 0.15) is 0 Å². The summed E-state index contributed by atoms with van der Waals surface area (Å²) in [7, 11) is -6.92. The minimum absolute atomic E-state index is 0.576. The second-order valence-electron chi connectivity index (χ2n) is 4.69. The molecule has 18 heavy (non-hydrogen) atoms. The van der Waals surface area contributed by atoms with Gasteiger partial charge in [-0.05, 0) is 33.0 Å². The first kappa shape index (κ1) is 15.1. The molecule has 4 nitrogen and oxygen atoms in total. The van der Waals surface area contributed by atoms with E-state index in [1.807, 2.05) is 0 Å². The van der Waals surface area contributed by atoms with E-state index >= 15 is 0 Å². The van der Waals surface area contributed by atoms with E-state index in [1.165, 1.54) is 23.1 Å². The highest BCUT2D eigenvalue weighted by molar-refractivity contribution is 7.88. The van der Waals surface area contributed by atoms with E-state index in [0.717, 1.165) is 0 Å². The number of hydrogen-bond donors (Lipinski definition) is 0. The van der Waals surface area contributed by atoms with Crippen LogP contribution in [0, 0.1) is 0 Å². The van der Waals surface area contributed by atoms with Crippen LogP contribution in [-0.2, 0) is 14.2 Å². The molecule has 1 aliphatic heterocycles. The van der Waals surface area contributed by atoms with Gasteiger partial charge in [-0.3, -0.25) is 4.10 Å². The van der Waals surface area contributed by atoms with Crippen LogP contribution in [0.25, 0.3) is 0 Å². The molecular formula is C9H13BF3NO3S. The van der Waals surface area contributed by atoms with E-state index in [9.17, 15) is 21.6 Å². The Morgan fingerprint density at radius 3 is 2.17 bits per heavy atom. The predicted octanol–water partition coefficient (Wildman–Crippen LogP) is 2.06. The van der Waals surface area contributed by atoms with E-state index in [0.29, 0.717) is 0 Å². The molecular weight excluding hydrogens is 270 g/mol. The molecule has 0 aliphatic carbocycles. The second kappa shape index (κ2) is 4.62. The Kier molecular flexibility index (Phi) is 3.87. The second-order valence-corrected chi connectivity index (χ2v) is 6.25. The van der Waals surface area contributed by atoms with Crippen molar-refractivity contribution in [3.05, 3.63) is 24.3 Å². The molecule has 0 saturated carbocycles. The normalized spacial score (nSPS) is 17.4. The van der Waals surface area contributed by atoms with E-state index in [-0.39, 0.29) is 0 Å². The van der Waals surface area contributed by atoms with E-state index in [4.69, 9.17) is 0 Å². The van der Waals surface area contributed by atoms with Crippen LogP contribution in [0.1, 0.15) is 20.8 Å². The molecule has 0 fully saturated rings. The van der Waals surface area contributed by atoms with Crippen molar-refractivity contribution in [1.29, 1.82) is 0 Å². The fourth-order valence-electron chi connectivity index (χ4n) is 1.35. The van der Waals surface area contributed by atoms with Gasteiger partial charge in [0.15, 0.2) is 0 Å². The standard InChI is InChI=1S/C9H13BF3NO3S/c1-8(2,3)14-7-5-4-6-10(14)17-18(15,16)9(11,12)13/h4-7H,1-3H3. The third-order valence-corrected chi connectivity index (χ3v) is 3.21. The lowest BCUT2D eigenvalue weighted by molar-refractivity contribution is -0.0504. The zero-order valence-corrected chi connectivity index (χ0v) is 10.9. The zero-order valence-electron chi connectivity index (χ0n) is 10.1. The van der Waals surface area contributed by atoms with Gasteiger partial charge in [0.2, 0.25) is 0 Å². The highest BCUT2D eigenvalue weighted by Crippen LogP contribution is 2.28. The van der Waals surface area contributed by atoms with Crippen molar-refractivity contribution in [2.45, 2.75) is 31.8 Å². The van der Waals surface area contributed by atoms with Crippen molar-refractivity contribution < 1.29 is 25.7 Å². The number of allylic oxidation sites excluding steroid dienone is 2. The number of nitrogens with zero attached hydrogens (tertiary/aromatic N) is 1. The third-order valence-electron chi connectivity index (χ3n) is 2.19. The van der Waals surface area contributed by atoms with Crippen LogP contribution in [0.4, 0.5) is 13.2 Å². The summed E-state index contributed by atoms with van der Waals surface area (Å²) in [4.78, 5) is 1.39. The van der Waals surface area contributed by atoms with Crippen LogP contribution in [0.3, 0.4) is 0 Å². The van der Waals surface area contributed by atoms with Crippen LogP contribution in [0.15, 0.2) is 24.3 Å². The van der Waals surface area contributed by atoms with Crippen molar-refractivity contribution >= 4 is 17.2 Å². The topological polar surface area (TPSA) is 46.6 Å². The van der Waals surface area contributed by atoms with Crippen LogP contribution in [-0.4, -0.2) is 31.3 Å². The Morgan fingerprint density at radius 1 is 1.17 bits per heavy atom. The maximum atomic E-state index is 12.2. The van der Waals surface area contributed by atoms with Gasteiger partial charge in [0, 0.05) is 5.54 Å². The highest BCUT2D eigenvalue weighted by atomic mass is 32.2. The molecule has 0 aromatic carbocycles. The highest BCUT2D eigenvalue weighted by Gasteiger charge is 2.50. The van der Waals surface area contributed by atoms with Gasteiger partial charge in [-0.1, -0.05) is 12.1 Å². The summed E-state index contributed by atoms with van der Waals surface area (Å²) < 4.78 is 62.9. The first-order valence-corrected chi connectivity index (χ1v) is 6.49. The molecule has 0 N–H and O–H groups in total. The Bertz CT molecular complexity index is 464. The molecule has 1 aliphatic rings. The summed E-state index contributed by atoms with van der Waals surface area (Å²) in [6, 6.07) is 0. The van der Waals surface area contributed by atoms with E-state index in [1.54, 1.807) is 26.8 Å². The largest absolute Gasteiger partial charge is 0.521 e. The lowest BCUT2D eigenvalue weighted by Gasteiger charge is -2.38. The molecule has 1 rings (SSSR count). The van der Waals surface area contributed by atoms with Crippen molar-refractivity contribution in [1.82, 2.24) is 4.81 Å². The molecule has 0 spiro atoms. The molecule has 0 radical (unpaired) electrons. The van der Waals surface area contributed by atoms with E-state index in [2.05, 4.69) is 4.10 Å². The van der Waals surface area contributed by atoms with Gasteiger partial charge in [-0.2, -0.15) is 21.6 Å². The molecule has 0 aromatic heterocycles. The lowest BCUT2D eigenvalue weighted by Crippen LogP contribution is -2.51. The molecule has 0 atom stereocenters. The Balaban J connectivity index is 2.97. The maximum absolute atomic E-state index is 12.2. The van der Waals surface area contributed by atoms with Crippen LogP contribution >= 0.6 is 0 Å². The third kappa shape index (κ3) is 3.29. The van der Waals surface area contributed by atoms with Gasteiger partial charge < -0.3 is 4.81 Å². The molecule has 0 bridgehead atoms. The molecule has 0 saturated heterocycles. The first-order valence-electron chi connectivity index (χ1n) is 5.08. The first-order chi connectivity index (χ1) is 7.95. The van der Waals surface area contributed by atoms with Crippen LogP contribution < -0.4 is 0 Å². The summed E-state index contributed by atoms with van der Waals surface area (Å²) in [5.41, 5.74) is -6.00. The van der Waals surface area contributed by atoms with Gasteiger partial charge in [0.25, 0.3) is 0 Å². The Hall–Kier alpha value is -0.955. The van der Waals surface area contributed by atoms with Gasteiger partial charge in [-0.25, -0.2) is 0 Å². The molecule has 0 unspecified atom stereocenters. The summed E-state index contributed by atoms with van der Waals surface area (Å²) >= 11 is 0. The summed E-state index contributed by atoms with van der Waals surface area (Å²) in [6.45, 7) is 5.19. The monoisotopic (exact) mass is 283 g/mol. The van der Waals surface area contributed by atoms with Crippen LogP contribution in [0.2, 0.25) is 0 Å². The minimum atomic E-state index is -5.62. The Labute approximate surface area is 104 Å². The fraction of sp³-hybridized carbons (Fsp3) is 0.556. The van der Waals surface area contributed by atoms with E-state index < -0.39 is 28.2 Å². The van der Waals surface area contributed by atoms with Crippen molar-refractivity contribution in [3.63, 3.8) is 0 Å². The van der Waals surface area contributed by atoms with Gasteiger partial charge in [-0.15, -0.1) is 0 Å².